The maximum atomic E-state index is 13.0. The lowest BCUT2D eigenvalue weighted by molar-refractivity contribution is 0.453. The molecular weight excluding hydrogens is 267 g/mol. The van der Waals surface area contributed by atoms with Crippen molar-refractivity contribution in [3.05, 3.63) is 47.8 Å². The van der Waals surface area contributed by atoms with E-state index < -0.39 is 0 Å². The van der Waals surface area contributed by atoms with E-state index in [0.717, 1.165) is 43.7 Å². The monoisotopic (exact) mass is 290 g/mol. The molecule has 1 atom stereocenters. The smallest absolute Gasteiger partial charge is 0.138 e. The first-order valence-corrected chi connectivity index (χ1v) is 7.47. The molecule has 0 radical (unpaired) electrons. The summed E-state index contributed by atoms with van der Waals surface area (Å²) in [6.07, 6.45) is 4.48. The number of nitrogens with one attached hydrogen (secondary N) is 1. The lowest BCUT2D eigenvalue weighted by Crippen LogP contribution is -2.27. The second kappa shape index (κ2) is 7.88. The molecule has 0 spiro atoms. The summed E-state index contributed by atoms with van der Waals surface area (Å²) in [5.74, 6) is 1.22. The summed E-state index contributed by atoms with van der Waals surface area (Å²) in [5.41, 5.74) is 1.15. The highest BCUT2D eigenvalue weighted by Crippen LogP contribution is 2.13. The topological polar surface area (TPSA) is 42.7 Å². The van der Waals surface area contributed by atoms with Crippen LogP contribution in [0.15, 0.2) is 30.6 Å². The fourth-order valence-electron chi connectivity index (χ4n) is 2.42. The second-order valence-corrected chi connectivity index (χ2v) is 5.40. The van der Waals surface area contributed by atoms with E-state index in [2.05, 4.69) is 22.3 Å². The lowest BCUT2D eigenvalue weighted by Gasteiger charge is -2.17. The molecule has 21 heavy (non-hydrogen) atoms. The Kier molecular flexibility index (Phi) is 5.87. The summed E-state index contributed by atoms with van der Waals surface area (Å²) in [7, 11) is 1.91. The number of halogens is 1. The molecule has 1 N–H and O–H groups in total. The van der Waals surface area contributed by atoms with Crippen molar-refractivity contribution in [2.75, 3.05) is 13.1 Å². The average molecular weight is 290 g/mol. The molecule has 5 heteroatoms. The zero-order valence-corrected chi connectivity index (χ0v) is 12.7. The first-order valence-electron chi connectivity index (χ1n) is 7.47. The Labute approximate surface area is 125 Å². The Morgan fingerprint density at radius 3 is 2.62 bits per heavy atom. The summed E-state index contributed by atoms with van der Waals surface area (Å²) < 4.78 is 14.8. The SMILES string of the molecule is CCCNCC(Cc1ccc(F)cc1)Cc1ncnn1C. The molecule has 2 aromatic rings. The van der Waals surface area contributed by atoms with Crippen molar-refractivity contribution < 1.29 is 4.39 Å². The molecule has 0 saturated heterocycles. The van der Waals surface area contributed by atoms with E-state index >= 15 is 0 Å². The summed E-state index contributed by atoms with van der Waals surface area (Å²) in [4.78, 5) is 4.30. The summed E-state index contributed by atoms with van der Waals surface area (Å²) in [6.45, 7) is 4.10. The predicted octanol–water partition coefficient (Wildman–Crippen LogP) is 2.36. The van der Waals surface area contributed by atoms with Crippen molar-refractivity contribution >= 4 is 0 Å². The van der Waals surface area contributed by atoms with Gasteiger partial charge in [-0.1, -0.05) is 19.1 Å². The van der Waals surface area contributed by atoms with Gasteiger partial charge in [0.2, 0.25) is 0 Å². The van der Waals surface area contributed by atoms with Gasteiger partial charge >= 0.3 is 0 Å². The van der Waals surface area contributed by atoms with Crippen LogP contribution in [0.25, 0.3) is 0 Å². The molecular formula is C16H23FN4. The Bertz CT molecular complexity index is 535. The van der Waals surface area contributed by atoms with Crippen molar-refractivity contribution in [3.63, 3.8) is 0 Å². The van der Waals surface area contributed by atoms with Gasteiger partial charge in [-0.2, -0.15) is 5.10 Å². The molecule has 114 valence electrons. The third kappa shape index (κ3) is 4.93. The first-order chi connectivity index (χ1) is 10.2. The highest BCUT2D eigenvalue weighted by Gasteiger charge is 2.13. The Morgan fingerprint density at radius 2 is 2.00 bits per heavy atom. The maximum absolute atomic E-state index is 13.0. The molecule has 0 aliphatic carbocycles. The highest BCUT2D eigenvalue weighted by molar-refractivity contribution is 5.17. The van der Waals surface area contributed by atoms with E-state index in [9.17, 15) is 4.39 Å². The van der Waals surface area contributed by atoms with Gasteiger partial charge in [0.1, 0.15) is 18.0 Å². The first kappa shape index (κ1) is 15.6. The zero-order valence-electron chi connectivity index (χ0n) is 12.7. The minimum atomic E-state index is -0.187. The average Bonchev–Trinajstić information content (AvgIpc) is 2.87. The van der Waals surface area contributed by atoms with Gasteiger partial charge in [-0.25, -0.2) is 9.37 Å². The van der Waals surface area contributed by atoms with Crippen LogP contribution in [0.2, 0.25) is 0 Å². The molecule has 1 unspecified atom stereocenters. The number of aryl methyl sites for hydroxylation is 1. The quantitative estimate of drug-likeness (QED) is 0.759. The Hall–Kier alpha value is -1.75. The van der Waals surface area contributed by atoms with E-state index in [0.29, 0.717) is 5.92 Å². The van der Waals surface area contributed by atoms with Crippen molar-refractivity contribution in [3.8, 4) is 0 Å². The van der Waals surface area contributed by atoms with Crippen molar-refractivity contribution in [1.82, 2.24) is 20.1 Å². The van der Waals surface area contributed by atoms with Crippen LogP contribution in [0.4, 0.5) is 4.39 Å². The minimum Gasteiger partial charge on any atom is -0.316 e. The second-order valence-electron chi connectivity index (χ2n) is 5.40. The van der Waals surface area contributed by atoms with Gasteiger partial charge in [0.25, 0.3) is 0 Å². The van der Waals surface area contributed by atoms with Crippen molar-refractivity contribution in [1.29, 1.82) is 0 Å². The third-order valence-corrected chi connectivity index (χ3v) is 3.57. The van der Waals surface area contributed by atoms with Crippen LogP contribution in [0, 0.1) is 11.7 Å². The Balaban J connectivity index is 2.00. The van der Waals surface area contributed by atoms with Gasteiger partial charge in [0, 0.05) is 13.5 Å². The molecule has 1 aromatic heterocycles. The lowest BCUT2D eigenvalue weighted by atomic mass is 9.95. The molecule has 1 heterocycles. The van der Waals surface area contributed by atoms with Crippen LogP contribution < -0.4 is 5.32 Å². The van der Waals surface area contributed by atoms with Crippen molar-refractivity contribution in [2.45, 2.75) is 26.2 Å². The van der Waals surface area contributed by atoms with E-state index in [1.165, 1.54) is 12.1 Å². The van der Waals surface area contributed by atoms with Gasteiger partial charge in [-0.3, -0.25) is 4.68 Å². The van der Waals surface area contributed by atoms with Gasteiger partial charge < -0.3 is 5.32 Å². The molecule has 0 amide bonds. The summed E-state index contributed by atoms with van der Waals surface area (Å²) >= 11 is 0. The Morgan fingerprint density at radius 1 is 1.24 bits per heavy atom. The van der Waals surface area contributed by atoms with Gasteiger partial charge in [0.05, 0.1) is 0 Å². The van der Waals surface area contributed by atoms with E-state index in [1.807, 2.05) is 23.9 Å². The number of nitrogens with zero attached hydrogens (tertiary/aromatic N) is 3. The minimum absolute atomic E-state index is 0.187. The van der Waals surface area contributed by atoms with Crippen LogP contribution in [0.5, 0.6) is 0 Å². The highest BCUT2D eigenvalue weighted by atomic mass is 19.1. The van der Waals surface area contributed by atoms with Gasteiger partial charge in [-0.15, -0.1) is 0 Å². The number of benzene rings is 1. The molecule has 0 saturated carbocycles. The van der Waals surface area contributed by atoms with Crippen LogP contribution in [-0.4, -0.2) is 27.9 Å². The van der Waals surface area contributed by atoms with Crippen LogP contribution >= 0.6 is 0 Å². The fourth-order valence-corrected chi connectivity index (χ4v) is 2.42. The third-order valence-electron chi connectivity index (χ3n) is 3.57. The molecule has 1 aromatic carbocycles. The van der Waals surface area contributed by atoms with E-state index in [-0.39, 0.29) is 5.82 Å². The molecule has 0 bridgehead atoms. The molecule has 0 fully saturated rings. The van der Waals surface area contributed by atoms with E-state index in [4.69, 9.17) is 0 Å². The largest absolute Gasteiger partial charge is 0.316 e. The van der Waals surface area contributed by atoms with E-state index in [1.54, 1.807) is 6.33 Å². The number of aromatic nitrogens is 3. The summed E-state index contributed by atoms with van der Waals surface area (Å²) in [5, 5.41) is 7.59. The predicted molar refractivity (Wildman–Crippen MR) is 81.5 cm³/mol. The molecule has 2 rings (SSSR count). The molecule has 0 aliphatic heterocycles. The van der Waals surface area contributed by atoms with Gasteiger partial charge in [0.15, 0.2) is 0 Å². The maximum Gasteiger partial charge on any atom is 0.138 e. The number of hydrogen-bond donors (Lipinski definition) is 1. The summed E-state index contributed by atoms with van der Waals surface area (Å²) in [6, 6.07) is 6.76. The van der Waals surface area contributed by atoms with Crippen molar-refractivity contribution in [2.24, 2.45) is 13.0 Å². The number of rotatable bonds is 8. The normalized spacial score (nSPS) is 12.5. The van der Waals surface area contributed by atoms with Crippen LogP contribution in [0.3, 0.4) is 0 Å². The number of hydrogen-bond acceptors (Lipinski definition) is 3. The van der Waals surface area contributed by atoms with Gasteiger partial charge in [-0.05, 0) is 49.5 Å². The zero-order chi connectivity index (χ0) is 15.1. The van der Waals surface area contributed by atoms with Crippen LogP contribution in [0.1, 0.15) is 24.7 Å². The molecule has 4 nitrogen and oxygen atoms in total. The van der Waals surface area contributed by atoms with Crippen LogP contribution in [-0.2, 0) is 19.9 Å². The fraction of sp³-hybridized carbons (Fsp3) is 0.500. The molecule has 0 aliphatic rings. The standard InChI is InChI=1S/C16H23FN4/c1-3-8-18-11-14(10-16-19-12-20-21(16)2)9-13-4-6-15(17)7-5-13/h4-7,12,14,18H,3,8-11H2,1-2H3.